The Bertz CT molecular complexity index is 2020. The Kier molecular flexibility index (Phi) is 24.5. The standard InChI is InChI=1S/C52H84N10O8/c1-13-15-21-35(7)29-41-49(66)59(10)37(9)52(69)70-45(25-20-26-53)48(65)56-42(30-36(8)22-16-14-2)51(68)60(11)43(28-34(5)6)46(63)54-40(27-33(3)4)50(67)61(12)44(47(64)55-41)31-38-32-62(58-57-38)39-23-18-17-19-24-39/h17-19,23-24,32-37,40-45,48,56,65H,13-16,20-22,25,27-31H2,1-12H3,(H,54,63)(H,55,64)/t35-,36+,37-,40-,41-,42-,43-,44-,45+,48?/m0/s1. The number of likely N-dealkylation sites (N-methyl/N-ethyl adjacent to an activating group) is 3. The molecule has 0 aliphatic carbocycles. The Morgan fingerprint density at radius 3 is 1.80 bits per heavy atom. The number of aliphatic hydroxyl groups is 1. The summed E-state index contributed by atoms with van der Waals surface area (Å²) in [4.78, 5) is 92.0. The van der Waals surface area contributed by atoms with Gasteiger partial charge in [0.1, 0.15) is 42.5 Å². The van der Waals surface area contributed by atoms with Gasteiger partial charge in [-0.2, -0.15) is 5.26 Å². The number of hydrogen-bond acceptors (Lipinski definition) is 12. The lowest BCUT2D eigenvalue weighted by molar-refractivity contribution is -0.166. The number of hydrogen-bond donors (Lipinski definition) is 4. The largest absolute Gasteiger partial charge is 0.457 e. The van der Waals surface area contributed by atoms with E-state index >= 15 is 0 Å². The number of cyclic esters (lactones) is 1. The summed E-state index contributed by atoms with van der Waals surface area (Å²) in [7, 11) is 4.44. The molecule has 390 valence electrons. The number of benzene rings is 1. The van der Waals surface area contributed by atoms with Crippen molar-refractivity contribution in [1.29, 1.82) is 5.26 Å². The number of esters is 1. The van der Waals surface area contributed by atoms with Crippen molar-refractivity contribution < 1.29 is 38.6 Å². The summed E-state index contributed by atoms with van der Waals surface area (Å²) in [6.45, 7) is 17.3. The van der Waals surface area contributed by atoms with Crippen LogP contribution < -0.4 is 16.0 Å². The van der Waals surface area contributed by atoms with Crippen LogP contribution in [0.5, 0.6) is 0 Å². The molecule has 0 bridgehead atoms. The van der Waals surface area contributed by atoms with E-state index in [2.05, 4.69) is 40.1 Å². The second-order valence-electron chi connectivity index (χ2n) is 20.4. The quantitative estimate of drug-likeness (QED) is 0.131. The lowest BCUT2D eigenvalue weighted by Crippen LogP contribution is -2.60. The zero-order chi connectivity index (χ0) is 52.2. The highest BCUT2D eigenvalue weighted by atomic mass is 16.6. The molecule has 3 rings (SSSR count). The summed E-state index contributed by atoms with van der Waals surface area (Å²) in [5.74, 6) is -3.97. The third-order valence-corrected chi connectivity index (χ3v) is 13.3. The van der Waals surface area contributed by atoms with Gasteiger partial charge in [-0.05, 0) is 68.4 Å². The SMILES string of the molecule is CCCC[C@@H](C)C[C@@H]1NC(O)[C@@H](CCC#N)OC(=O)[C@H](C)N(C)C(=O)[C@H](C[C@@H](C)CCCC)NC(=O)[C@H](Cc2cn(-c3ccccc3)nn2)N(C)C(=O)[C@H](CC(C)C)NC(=O)[C@H](CC(C)C)N(C)C1=O. The third kappa shape index (κ3) is 17.8. The minimum absolute atomic E-state index is 0.00186. The maximum absolute atomic E-state index is 15.0. The molecule has 2 aromatic rings. The van der Waals surface area contributed by atoms with Crippen LogP contribution in [-0.2, 0) is 39.9 Å². The molecule has 1 aliphatic heterocycles. The molecule has 70 heavy (non-hydrogen) atoms. The normalized spacial score (nSPS) is 25.0. The molecule has 1 unspecified atom stereocenters. The van der Waals surface area contributed by atoms with Crippen LogP contribution in [0, 0.1) is 35.0 Å². The summed E-state index contributed by atoms with van der Waals surface area (Å²) in [5, 5.41) is 39.0. The van der Waals surface area contributed by atoms with Crippen LogP contribution in [0.25, 0.3) is 5.69 Å². The molecule has 0 spiro atoms. The molecule has 18 heteroatoms. The average molecular weight is 977 g/mol. The van der Waals surface area contributed by atoms with Gasteiger partial charge in [0.25, 0.3) is 0 Å². The summed E-state index contributed by atoms with van der Waals surface area (Å²) < 4.78 is 7.47. The van der Waals surface area contributed by atoms with Gasteiger partial charge >= 0.3 is 5.97 Å². The molecule has 2 heterocycles. The van der Waals surface area contributed by atoms with Crippen molar-refractivity contribution >= 4 is 35.5 Å². The second-order valence-corrected chi connectivity index (χ2v) is 20.4. The molecule has 1 fully saturated rings. The Morgan fingerprint density at radius 2 is 1.24 bits per heavy atom. The van der Waals surface area contributed by atoms with Crippen LogP contribution in [0.4, 0.5) is 0 Å². The fourth-order valence-electron chi connectivity index (χ4n) is 8.87. The van der Waals surface area contributed by atoms with Gasteiger partial charge in [-0.3, -0.25) is 29.3 Å². The number of unbranched alkanes of at least 4 members (excludes halogenated alkanes) is 2. The van der Waals surface area contributed by atoms with Gasteiger partial charge in [0.15, 0.2) is 0 Å². The van der Waals surface area contributed by atoms with Crippen molar-refractivity contribution in [3.63, 3.8) is 0 Å². The summed E-state index contributed by atoms with van der Waals surface area (Å²) in [5.41, 5.74) is 1.10. The second kappa shape index (κ2) is 29.1. The van der Waals surface area contributed by atoms with Crippen molar-refractivity contribution in [1.82, 2.24) is 45.6 Å². The monoisotopic (exact) mass is 977 g/mol. The number of para-hydroxylation sites is 1. The van der Waals surface area contributed by atoms with Crippen molar-refractivity contribution in [2.24, 2.45) is 23.7 Å². The molecular formula is C52H84N10O8. The molecule has 0 radical (unpaired) electrons. The number of nitriles is 1. The minimum Gasteiger partial charge on any atom is -0.457 e. The van der Waals surface area contributed by atoms with Gasteiger partial charge < -0.3 is 35.2 Å². The van der Waals surface area contributed by atoms with Crippen molar-refractivity contribution in [2.75, 3.05) is 21.1 Å². The number of nitrogens with one attached hydrogen (secondary N) is 3. The van der Waals surface area contributed by atoms with E-state index in [1.807, 2.05) is 77.9 Å². The Balaban J connectivity index is 2.28. The van der Waals surface area contributed by atoms with E-state index in [4.69, 9.17) is 4.74 Å². The predicted octanol–water partition coefficient (Wildman–Crippen LogP) is 5.31. The van der Waals surface area contributed by atoms with Crippen LogP contribution in [-0.4, -0.2) is 140 Å². The fourth-order valence-corrected chi connectivity index (χ4v) is 8.87. The molecule has 0 saturated carbocycles. The first kappa shape index (κ1) is 58.9. The third-order valence-electron chi connectivity index (χ3n) is 13.3. The highest BCUT2D eigenvalue weighted by Gasteiger charge is 2.41. The summed E-state index contributed by atoms with van der Waals surface area (Å²) in [6, 6.07) is 4.44. The van der Waals surface area contributed by atoms with E-state index in [1.54, 1.807) is 10.9 Å². The number of rotatable bonds is 19. The topological polar surface area (TPSA) is 232 Å². The smallest absolute Gasteiger partial charge is 0.328 e. The van der Waals surface area contributed by atoms with Crippen molar-refractivity contribution in [3.8, 4) is 11.8 Å². The van der Waals surface area contributed by atoms with Gasteiger partial charge in [0.2, 0.25) is 29.5 Å². The van der Waals surface area contributed by atoms with Crippen LogP contribution in [0.2, 0.25) is 0 Å². The lowest BCUT2D eigenvalue weighted by atomic mass is 9.94. The first-order valence-corrected chi connectivity index (χ1v) is 25.5. The van der Waals surface area contributed by atoms with Gasteiger partial charge in [-0.15, -0.1) is 5.10 Å². The molecule has 5 amide bonds. The van der Waals surface area contributed by atoms with Crippen molar-refractivity contribution in [3.05, 3.63) is 42.2 Å². The van der Waals surface area contributed by atoms with Gasteiger partial charge in [0, 0.05) is 40.4 Å². The molecule has 1 aliphatic rings. The van der Waals surface area contributed by atoms with Crippen LogP contribution >= 0.6 is 0 Å². The molecule has 1 saturated heterocycles. The zero-order valence-corrected chi connectivity index (χ0v) is 44.0. The Hall–Kier alpha value is -5.41. The Labute approximate surface area is 417 Å². The van der Waals surface area contributed by atoms with E-state index in [0.717, 1.165) is 44.2 Å². The number of ether oxygens (including phenoxy) is 1. The molecular weight excluding hydrogens is 893 g/mol. The number of aliphatic hydroxyl groups excluding tert-OH is 1. The van der Waals surface area contributed by atoms with Gasteiger partial charge in [0.05, 0.1) is 29.7 Å². The molecule has 10 atom stereocenters. The van der Waals surface area contributed by atoms with Crippen LogP contribution in [0.1, 0.15) is 145 Å². The van der Waals surface area contributed by atoms with E-state index in [0.29, 0.717) is 5.69 Å². The maximum atomic E-state index is 15.0. The maximum Gasteiger partial charge on any atom is 0.328 e. The van der Waals surface area contributed by atoms with E-state index in [9.17, 15) is 39.1 Å². The summed E-state index contributed by atoms with van der Waals surface area (Å²) in [6.07, 6.45) is 4.52. The number of carbonyl (C=O) groups is 6. The fraction of sp³-hybridized carbons (Fsp3) is 0.712. The molecule has 18 nitrogen and oxygen atoms in total. The van der Waals surface area contributed by atoms with E-state index in [1.165, 1.54) is 42.8 Å². The van der Waals surface area contributed by atoms with E-state index < -0.39 is 84.1 Å². The number of carbonyl (C=O) groups excluding carboxylic acids is 6. The van der Waals surface area contributed by atoms with Crippen LogP contribution in [0.15, 0.2) is 36.5 Å². The molecule has 1 aromatic carbocycles. The number of amides is 5. The predicted molar refractivity (Wildman–Crippen MR) is 267 cm³/mol. The van der Waals surface area contributed by atoms with Crippen molar-refractivity contribution in [2.45, 2.75) is 194 Å². The molecule has 4 N–H and O–H groups in total. The van der Waals surface area contributed by atoms with Gasteiger partial charge in [-0.25, -0.2) is 9.48 Å². The first-order valence-electron chi connectivity index (χ1n) is 25.5. The number of aromatic nitrogens is 3. The van der Waals surface area contributed by atoms with Gasteiger partial charge in [-0.1, -0.05) is 117 Å². The zero-order valence-electron chi connectivity index (χ0n) is 44.0. The van der Waals surface area contributed by atoms with E-state index in [-0.39, 0.29) is 68.6 Å². The minimum atomic E-state index is -1.63. The highest BCUT2D eigenvalue weighted by Crippen LogP contribution is 2.23. The summed E-state index contributed by atoms with van der Waals surface area (Å²) >= 11 is 0. The molecule has 1 aromatic heterocycles. The van der Waals surface area contributed by atoms with Crippen LogP contribution in [0.3, 0.4) is 0 Å². The lowest BCUT2D eigenvalue weighted by Gasteiger charge is -2.36. The highest BCUT2D eigenvalue weighted by molar-refractivity contribution is 5.96. The Morgan fingerprint density at radius 1 is 0.729 bits per heavy atom. The first-order chi connectivity index (χ1) is 33.1. The average Bonchev–Trinajstić information content (AvgIpc) is 3.80. The number of nitrogens with zero attached hydrogens (tertiary/aromatic N) is 7.